The molecular formula is C22H26N2O4S2. The van der Waals surface area contributed by atoms with E-state index in [1.165, 1.54) is 23.5 Å². The molecule has 0 saturated carbocycles. The molecule has 0 spiro atoms. The van der Waals surface area contributed by atoms with Crippen LogP contribution >= 0.6 is 11.3 Å². The second-order valence-corrected chi connectivity index (χ2v) is 10.2. The highest BCUT2D eigenvalue weighted by molar-refractivity contribution is 7.91. The van der Waals surface area contributed by atoms with Gasteiger partial charge in [0.25, 0.3) is 5.91 Å². The molecule has 8 heteroatoms. The van der Waals surface area contributed by atoms with E-state index >= 15 is 0 Å². The Hall–Kier alpha value is -2.29. The summed E-state index contributed by atoms with van der Waals surface area (Å²) in [5, 5.41) is 0. The summed E-state index contributed by atoms with van der Waals surface area (Å²) in [5.74, 6) is -0.638. The highest BCUT2D eigenvalue weighted by atomic mass is 32.2. The quantitative estimate of drug-likeness (QED) is 0.516. The Morgan fingerprint density at radius 3 is 2.60 bits per heavy atom. The smallest absolute Gasteiger partial charge is 0.280 e. The Balaban J connectivity index is 2.18. The molecular weight excluding hydrogens is 420 g/mol. The molecule has 1 aromatic heterocycles. The lowest BCUT2D eigenvalue weighted by atomic mass is 10.1. The van der Waals surface area contributed by atoms with Crippen molar-refractivity contribution in [2.45, 2.75) is 39.1 Å². The largest absolute Gasteiger partial charge is 0.380 e. The number of fused-ring (bicyclic) bond motifs is 1. The first kappa shape index (κ1) is 22.4. The zero-order chi connectivity index (χ0) is 21.9. The zero-order valence-corrected chi connectivity index (χ0v) is 19.3. The van der Waals surface area contributed by atoms with Crippen LogP contribution in [0.4, 0.5) is 0 Å². The van der Waals surface area contributed by atoms with E-state index in [1.807, 2.05) is 25.3 Å². The lowest BCUT2D eigenvalue weighted by Gasteiger charge is -2.08. The van der Waals surface area contributed by atoms with Crippen LogP contribution in [-0.2, 0) is 21.1 Å². The topological polar surface area (TPSA) is 77.7 Å². The van der Waals surface area contributed by atoms with Gasteiger partial charge in [-0.05, 0) is 50.1 Å². The second kappa shape index (κ2) is 9.24. The minimum absolute atomic E-state index is 0.0234. The summed E-state index contributed by atoms with van der Waals surface area (Å²) >= 11 is 1.43. The predicted octanol–water partition coefficient (Wildman–Crippen LogP) is 3.89. The average molecular weight is 447 g/mol. The third-order valence-electron chi connectivity index (χ3n) is 4.81. The fourth-order valence-corrected chi connectivity index (χ4v) is 5.52. The zero-order valence-electron chi connectivity index (χ0n) is 17.6. The first-order chi connectivity index (χ1) is 14.3. The van der Waals surface area contributed by atoms with Gasteiger partial charge in [0.2, 0.25) is 0 Å². The Bertz CT molecular complexity index is 1250. The van der Waals surface area contributed by atoms with Crippen LogP contribution in [0.15, 0.2) is 46.3 Å². The number of aryl methyl sites for hydroxylation is 2. The second-order valence-electron chi connectivity index (χ2n) is 6.98. The Kier molecular flexibility index (Phi) is 6.90. The Morgan fingerprint density at radius 1 is 1.17 bits per heavy atom. The highest BCUT2D eigenvalue weighted by Gasteiger charge is 2.21. The minimum atomic E-state index is -3.54. The van der Waals surface area contributed by atoms with Gasteiger partial charge in [0.1, 0.15) is 0 Å². The number of ether oxygens (including phenoxy) is 1. The SMILES string of the molecule is CCOCCn1c(=NC(=O)c2ccccc2S(=O)(=O)CC)sc2c(C)cc(C)cc21. The number of amides is 1. The van der Waals surface area contributed by atoms with Crippen molar-refractivity contribution >= 4 is 37.3 Å². The van der Waals surface area contributed by atoms with Crippen molar-refractivity contribution in [3.05, 3.63) is 57.9 Å². The first-order valence-electron chi connectivity index (χ1n) is 9.87. The number of sulfone groups is 1. The van der Waals surface area contributed by atoms with E-state index in [0.29, 0.717) is 24.6 Å². The van der Waals surface area contributed by atoms with Gasteiger partial charge in [-0.25, -0.2) is 8.42 Å². The standard InChI is InChI=1S/C22H26N2O4S2/c1-5-28-12-11-24-18-14-15(3)13-16(4)20(18)29-22(24)23-21(25)17-9-7-8-10-19(17)30(26,27)6-2/h7-10,13-14H,5-6,11-12H2,1-4H3. The van der Waals surface area contributed by atoms with Gasteiger partial charge in [0, 0.05) is 13.2 Å². The molecule has 0 fully saturated rings. The van der Waals surface area contributed by atoms with Gasteiger partial charge in [-0.3, -0.25) is 4.79 Å². The van der Waals surface area contributed by atoms with Gasteiger partial charge in [-0.1, -0.05) is 36.5 Å². The van der Waals surface area contributed by atoms with Crippen LogP contribution in [0.2, 0.25) is 0 Å². The van der Waals surface area contributed by atoms with E-state index in [2.05, 4.69) is 17.1 Å². The number of aromatic nitrogens is 1. The number of nitrogens with zero attached hydrogens (tertiary/aromatic N) is 2. The number of hydrogen-bond acceptors (Lipinski definition) is 5. The molecule has 30 heavy (non-hydrogen) atoms. The van der Waals surface area contributed by atoms with Gasteiger partial charge < -0.3 is 9.30 Å². The fraction of sp³-hybridized carbons (Fsp3) is 0.364. The van der Waals surface area contributed by atoms with Crippen molar-refractivity contribution in [2.24, 2.45) is 4.99 Å². The van der Waals surface area contributed by atoms with Crippen LogP contribution in [-0.4, -0.2) is 37.9 Å². The summed E-state index contributed by atoms with van der Waals surface area (Å²) in [7, 11) is -3.54. The summed E-state index contributed by atoms with van der Waals surface area (Å²) in [6.07, 6.45) is 0. The third kappa shape index (κ3) is 4.55. The van der Waals surface area contributed by atoms with Crippen LogP contribution in [0.25, 0.3) is 10.2 Å². The maximum atomic E-state index is 13.0. The van der Waals surface area contributed by atoms with Gasteiger partial charge in [0.15, 0.2) is 14.6 Å². The first-order valence-corrected chi connectivity index (χ1v) is 12.3. The van der Waals surface area contributed by atoms with E-state index < -0.39 is 15.7 Å². The van der Waals surface area contributed by atoms with Crippen molar-refractivity contribution in [1.29, 1.82) is 0 Å². The minimum Gasteiger partial charge on any atom is -0.380 e. The van der Waals surface area contributed by atoms with Crippen LogP contribution in [0, 0.1) is 13.8 Å². The molecule has 1 amide bonds. The van der Waals surface area contributed by atoms with Gasteiger partial charge in [0.05, 0.1) is 33.0 Å². The van der Waals surface area contributed by atoms with Gasteiger partial charge >= 0.3 is 0 Å². The van der Waals surface area contributed by atoms with Crippen molar-refractivity contribution in [3.63, 3.8) is 0 Å². The lowest BCUT2D eigenvalue weighted by molar-refractivity contribution is 0.0993. The van der Waals surface area contributed by atoms with Crippen LogP contribution in [0.3, 0.4) is 0 Å². The molecule has 0 atom stereocenters. The molecule has 0 aliphatic carbocycles. The summed E-state index contributed by atoms with van der Waals surface area (Å²) < 4.78 is 33.4. The van der Waals surface area contributed by atoms with E-state index in [0.717, 1.165) is 21.3 Å². The number of carbonyl (C=O) groups excluding carboxylic acids is 1. The molecule has 0 N–H and O–H groups in total. The number of rotatable bonds is 7. The monoisotopic (exact) mass is 446 g/mol. The van der Waals surface area contributed by atoms with E-state index in [4.69, 9.17) is 4.74 Å². The molecule has 0 bridgehead atoms. The van der Waals surface area contributed by atoms with Crippen LogP contribution in [0.5, 0.6) is 0 Å². The molecule has 160 valence electrons. The molecule has 0 aliphatic heterocycles. The molecule has 1 heterocycles. The molecule has 0 aliphatic rings. The third-order valence-corrected chi connectivity index (χ3v) is 7.82. The molecule has 0 saturated heterocycles. The number of carbonyl (C=O) groups is 1. The molecule has 3 aromatic rings. The Morgan fingerprint density at radius 2 is 1.90 bits per heavy atom. The maximum absolute atomic E-state index is 13.0. The molecule has 6 nitrogen and oxygen atoms in total. The number of hydrogen-bond donors (Lipinski definition) is 0. The van der Waals surface area contributed by atoms with Crippen LogP contribution in [0.1, 0.15) is 35.3 Å². The molecule has 0 radical (unpaired) electrons. The van der Waals surface area contributed by atoms with Gasteiger partial charge in [-0.2, -0.15) is 4.99 Å². The van der Waals surface area contributed by atoms with E-state index in [1.54, 1.807) is 19.1 Å². The van der Waals surface area contributed by atoms with Crippen molar-refractivity contribution in [3.8, 4) is 0 Å². The summed E-state index contributed by atoms with van der Waals surface area (Å²) in [5.41, 5.74) is 3.34. The van der Waals surface area contributed by atoms with Crippen molar-refractivity contribution in [2.75, 3.05) is 19.0 Å². The molecule has 3 rings (SSSR count). The van der Waals surface area contributed by atoms with Crippen molar-refractivity contribution in [1.82, 2.24) is 4.57 Å². The average Bonchev–Trinajstić information content (AvgIpc) is 3.05. The summed E-state index contributed by atoms with van der Waals surface area (Å²) in [6, 6.07) is 10.4. The Labute approximate surface area is 180 Å². The predicted molar refractivity (Wildman–Crippen MR) is 120 cm³/mol. The molecule has 0 unspecified atom stereocenters. The maximum Gasteiger partial charge on any atom is 0.280 e. The van der Waals surface area contributed by atoms with Gasteiger partial charge in [-0.15, -0.1) is 0 Å². The normalized spacial score (nSPS) is 12.6. The summed E-state index contributed by atoms with van der Waals surface area (Å²) in [6.45, 7) is 9.22. The van der Waals surface area contributed by atoms with E-state index in [9.17, 15) is 13.2 Å². The van der Waals surface area contributed by atoms with Crippen molar-refractivity contribution < 1.29 is 17.9 Å². The highest BCUT2D eigenvalue weighted by Crippen LogP contribution is 2.24. The van der Waals surface area contributed by atoms with E-state index in [-0.39, 0.29) is 16.2 Å². The fourth-order valence-electron chi connectivity index (χ4n) is 3.33. The lowest BCUT2D eigenvalue weighted by Crippen LogP contribution is -2.20. The number of thiazole rings is 1. The molecule has 2 aromatic carbocycles. The summed E-state index contributed by atoms with van der Waals surface area (Å²) in [4.78, 5) is 17.9. The van der Waals surface area contributed by atoms with Crippen LogP contribution < -0.4 is 4.80 Å². The number of benzene rings is 2.